The smallest absolute Gasteiger partial charge is 0.416 e. The summed E-state index contributed by atoms with van der Waals surface area (Å²) in [5.74, 6) is 0.271. The predicted molar refractivity (Wildman–Crippen MR) is 148 cm³/mol. The number of benzene rings is 1. The van der Waals surface area contributed by atoms with E-state index >= 15 is 0 Å². The second-order valence-corrected chi connectivity index (χ2v) is 11.7. The highest BCUT2D eigenvalue weighted by Crippen LogP contribution is 2.34. The van der Waals surface area contributed by atoms with E-state index in [0.717, 1.165) is 37.8 Å². The van der Waals surface area contributed by atoms with Gasteiger partial charge in [0.15, 0.2) is 0 Å². The summed E-state index contributed by atoms with van der Waals surface area (Å²) < 4.78 is 44.1. The molecule has 12 heteroatoms. The van der Waals surface area contributed by atoms with Gasteiger partial charge in [-0.2, -0.15) is 13.2 Å². The molecule has 40 heavy (non-hydrogen) atoms. The molecule has 2 fully saturated rings. The lowest BCUT2D eigenvalue weighted by Gasteiger charge is -2.39. The van der Waals surface area contributed by atoms with Crippen LogP contribution in [0.25, 0.3) is 10.9 Å². The lowest BCUT2D eigenvalue weighted by atomic mass is 9.89. The van der Waals surface area contributed by atoms with Crippen LogP contribution < -0.4 is 11.1 Å². The number of alkyl halides is 3. The van der Waals surface area contributed by atoms with Crippen molar-refractivity contribution in [1.29, 1.82) is 0 Å². The summed E-state index contributed by atoms with van der Waals surface area (Å²) in [5, 5.41) is 3.37. The largest absolute Gasteiger partial charge is 0.444 e. The van der Waals surface area contributed by atoms with Crippen LogP contribution >= 0.6 is 0 Å². The molecule has 2 aromatic rings. The van der Waals surface area contributed by atoms with Gasteiger partial charge < -0.3 is 25.6 Å². The van der Waals surface area contributed by atoms with Gasteiger partial charge in [0.2, 0.25) is 5.91 Å². The number of nitrogens with zero attached hydrogens (tertiary/aromatic N) is 4. The second kappa shape index (κ2) is 12.6. The standard InChI is InChI=1S/C23H30F3N5O.C5H11NO2/c1-14(2)30(3)16-5-7-17(8-6-16)31-11-10-20(22(31)32)29-21-18-12-15(23(24,25)26)4-9-19(18)27-13-28-21;1-5(2,3)8-4(6)7/h4,9,12-14,16-17,20H,5-8,10-11H2,1-3H3,(H,27,28,29);1-3H3,(H2,6,7). The number of amides is 2. The fourth-order valence-electron chi connectivity index (χ4n) is 5.21. The fourth-order valence-corrected chi connectivity index (χ4v) is 5.21. The third kappa shape index (κ3) is 8.18. The lowest BCUT2D eigenvalue weighted by molar-refractivity contribution is -0.137. The summed E-state index contributed by atoms with van der Waals surface area (Å²) in [6.45, 7) is 10.3. The first-order valence-corrected chi connectivity index (χ1v) is 13.7. The Bertz CT molecular complexity index is 1180. The van der Waals surface area contributed by atoms with Crippen molar-refractivity contribution in [2.24, 2.45) is 5.73 Å². The van der Waals surface area contributed by atoms with Gasteiger partial charge in [-0.05, 0) is 92.0 Å². The number of halogens is 3. The summed E-state index contributed by atoms with van der Waals surface area (Å²) in [6.07, 6.45) is 0.825. The Balaban J connectivity index is 0.000000482. The first-order chi connectivity index (χ1) is 18.6. The van der Waals surface area contributed by atoms with Crippen LogP contribution in [0.4, 0.5) is 23.8 Å². The molecule has 0 bridgehead atoms. The van der Waals surface area contributed by atoms with Gasteiger partial charge in [0.1, 0.15) is 23.8 Å². The van der Waals surface area contributed by atoms with E-state index in [1.54, 1.807) is 20.8 Å². The van der Waals surface area contributed by atoms with E-state index in [2.05, 4.69) is 45.8 Å². The fraction of sp³-hybridized carbons (Fsp3) is 0.643. The third-order valence-corrected chi connectivity index (χ3v) is 7.42. The summed E-state index contributed by atoms with van der Waals surface area (Å²) in [5.41, 5.74) is 3.91. The third-order valence-electron chi connectivity index (χ3n) is 7.42. The van der Waals surface area contributed by atoms with Crippen LogP contribution in [0.3, 0.4) is 0 Å². The van der Waals surface area contributed by atoms with Crippen LogP contribution in [0.5, 0.6) is 0 Å². The van der Waals surface area contributed by atoms with E-state index in [4.69, 9.17) is 5.73 Å². The van der Waals surface area contributed by atoms with Crippen molar-refractivity contribution in [3.63, 3.8) is 0 Å². The Morgan fingerprint density at radius 2 is 1.77 bits per heavy atom. The number of nitrogens with one attached hydrogen (secondary N) is 1. The Hall–Kier alpha value is -3.15. The maximum absolute atomic E-state index is 13.2. The zero-order chi connectivity index (χ0) is 29.8. The second-order valence-electron chi connectivity index (χ2n) is 11.7. The maximum atomic E-state index is 13.2. The highest BCUT2D eigenvalue weighted by molar-refractivity contribution is 5.93. The molecule has 2 aliphatic rings. The molecular weight excluding hydrogens is 525 g/mol. The Labute approximate surface area is 233 Å². The zero-order valence-electron chi connectivity index (χ0n) is 24.1. The van der Waals surface area contributed by atoms with E-state index in [9.17, 15) is 22.8 Å². The van der Waals surface area contributed by atoms with Gasteiger partial charge in [-0.1, -0.05) is 0 Å². The molecule has 1 saturated carbocycles. The number of aromatic nitrogens is 2. The molecule has 0 radical (unpaired) electrons. The number of fused-ring (bicyclic) bond motifs is 1. The Kier molecular flexibility index (Phi) is 9.86. The van der Waals surface area contributed by atoms with Crippen LogP contribution in [-0.2, 0) is 15.7 Å². The van der Waals surface area contributed by atoms with Gasteiger partial charge in [-0.25, -0.2) is 14.8 Å². The number of hydrogen-bond acceptors (Lipinski definition) is 7. The molecule has 1 saturated heterocycles. The topological polar surface area (TPSA) is 114 Å². The quantitative estimate of drug-likeness (QED) is 0.512. The monoisotopic (exact) mass is 566 g/mol. The van der Waals surface area contributed by atoms with Crippen LogP contribution in [0.15, 0.2) is 24.5 Å². The van der Waals surface area contributed by atoms with E-state index in [0.29, 0.717) is 30.6 Å². The minimum absolute atomic E-state index is 0.00408. The van der Waals surface area contributed by atoms with E-state index in [-0.39, 0.29) is 23.2 Å². The molecule has 222 valence electrons. The first-order valence-electron chi connectivity index (χ1n) is 13.7. The summed E-state index contributed by atoms with van der Waals surface area (Å²) in [4.78, 5) is 35.7. The molecule has 1 aromatic carbocycles. The van der Waals surface area contributed by atoms with E-state index in [1.807, 2.05) is 4.90 Å². The number of nitrogens with two attached hydrogens (primary N) is 1. The molecular formula is C28H41F3N6O3. The highest BCUT2D eigenvalue weighted by atomic mass is 19.4. The average molecular weight is 567 g/mol. The maximum Gasteiger partial charge on any atom is 0.416 e. The molecule has 3 N–H and O–H groups in total. The molecule has 2 heterocycles. The molecule has 1 aromatic heterocycles. The molecule has 1 atom stereocenters. The molecule has 1 unspecified atom stereocenters. The van der Waals surface area contributed by atoms with Crippen molar-refractivity contribution in [3.05, 3.63) is 30.1 Å². The SMILES string of the molecule is CC(C)(C)OC(N)=O.CC(C)N(C)C1CCC(N2CCC(Nc3ncnc4ccc(C(F)(F)F)cc34)C2=O)CC1. The first kappa shape index (κ1) is 31.4. The number of primary amides is 1. The van der Waals surface area contributed by atoms with Crippen LogP contribution in [0, 0.1) is 0 Å². The Morgan fingerprint density at radius 3 is 2.30 bits per heavy atom. The van der Waals surface area contributed by atoms with Crippen molar-refractivity contribution in [1.82, 2.24) is 19.8 Å². The van der Waals surface area contributed by atoms with Crippen molar-refractivity contribution in [2.45, 2.75) is 103 Å². The molecule has 1 aliphatic heterocycles. The van der Waals surface area contributed by atoms with Crippen molar-refractivity contribution >= 4 is 28.7 Å². The number of anilines is 1. The summed E-state index contributed by atoms with van der Waals surface area (Å²) >= 11 is 0. The number of ether oxygens (including phenoxy) is 1. The van der Waals surface area contributed by atoms with Crippen molar-refractivity contribution < 1.29 is 27.5 Å². The van der Waals surface area contributed by atoms with Gasteiger partial charge in [0.25, 0.3) is 0 Å². The van der Waals surface area contributed by atoms with Gasteiger partial charge in [0, 0.05) is 30.1 Å². The van der Waals surface area contributed by atoms with Gasteiger partial charge in [0.05, 0.1) is 11.1 Å². The zero-order valence-corrected chi connectivity index (χ0v) is 24.1. The van der Waals surface area contributed by atoms with Crippen LogP contribution in [-0.4, -0.2) is 75.1 Å². The van der Waals surface area contributed by atoms with Crippen LogP contribution in [0.1, 0.15) is 72.3 Å². The molecule has 4 rings (SSSR count). The minimum Gasteiger partial charge on any atom is -0.444 e. The average Bonchev–Trinajstić information content (AvgIpc) is 3.21. The van der Waals surface area contributed by atoms with E-state index in [1.165, 1.54) is 12.4 Å². The van der Waals surface area contributed by atoms with Crippen molar-refractivity contribution in [3.8, 4) is 0 Å². The molecule has 9 nitrogen and oxygen atoms in total. The number of rotatable bonds is 5. The highest BCUT2D eigenvalue weighted by Gasteiger charge is 2.38. The number of carbonyl (C=O) groups excluding carboxylic acids is 2. The van der Waals surface area contributed by atoms with Gasteiger partial charge in [-0.15, -0.1) is 0 Å². The summed E-state index contributed by atoms with van der Waals surface area (Å²) in [6, 6.07) is 4.17. The Morgan fingerprint density at radius 1 is 1.12 bits per heavy atom. The molecule has 2 amide bonds. The molecule has 1 aliphatic carbocycles. The van der Waals surface area contributed by atoms with Gasteiger partial charge >= 0.3 is 12.3 Å². The minimum atomic E-state index is -4.45. The predicted octanol–water partition coefficient (Wildman–Crippen LogP) is 5.19. The van der Waals surface area contributed by atoms with Crippen molar-refractivity contribution in [2.75, 3.05) is 18.9 Å². The number of carbonyl (C=O) groups is 2. The number of hydrogen-bond donors (Lipinski definition) is 2. The van der Waals surface area contributed by atoms with E-state index < -0.39 is 29.5 Å². The normalized spacial score (nSPS) is 21.9. The lowest BCUT2D eigenvalue weighted by Crippen LogP contribution is -2.46. The van der Waals surface area contributed by atoms with Crippen LogP contribution in [0.2, 0.25) is 0 Å². The summed E-state index contributed by atoms with van der Waals surface area (Å²) in [7, 11) is 2.16. The van der Waals surface area contributed by atoms with Gasteiger partial charge in [-0.3, -0.25) is 4.79 Å². The molecule has 0 spiro atoms. The number of likely N-dealkylation sites (tertiary alicyclic amines) is 1.